The van der Waals surface area contributed by atoms with Crippen LogP contribution >= 0.6 is 0 Å². The summed E-state index contributed by atoms with van der Waals surface area (Å²) in [4.78, 5) is 11.7. The van der Waals surface area contributed by atoms with E-state index in [9.17, 15) is 4.79 Å². The molecule has 3 nitrogen and oxygen atoms in total. The first-order valence-corrected chi connectivity index (χ1v) is 4.99. The molecule has 1 aliphatic carbocycles. The summed E-state index contributed by atoms with van der Waals surface area (Å²) in [6.45, 7) is 2.00. The second-order valence-corrected chi connectivity index (χ2v) is 4.47. The van der Waals surface area contributed by atoms with E-state index < -0.39 is 0 Å². The van der Waals surface area contributed by atoms with Gasteiger partial charge in [-0.1, -0.05) is 13.3 Å². The van der Waals surface area contributed by atoms with Gasteiger partial charge in [0.15, 0.2) is 0 Å². The maximum absolute atomic E-state index is 11.7. The minimum atomic E-state index is -0.344. The van der Waals surface area contributed by atoms with Crippen LogP contribution in [0.1, 0.15) is 31.2 Å². The summed E-state index contributed by atoms with van der Waals surface area (Å²) in [6.07, 6.45) is 2.99. The molecule has 0 aromatic carbocycles. The van der Waals surface area contributed by atoms with Crippen molar-refractivity contribution in [2.24, 2.45) is 14.1 Å². The van der Waals surface area contributed by atoms with Crippen LogP contribution in [0.25, 0.3) is 0 Å². The topological polar surface area (TPSA) is 26.9 Å². The van der Waals surface area contributed by atoms with E-state index in [0.717, 1.165) is 30.7 Å². The average Bonchev–Trinajstić information content (AvgIpc) is 2.31. The monoisotopic (exact) mass is 190 g/mol. The van der Waals surface area contributed by atoms with Gasteiger partial charge in [-0.05, 0) is 18.2 Å². The lowest BCUT2D eigenvalue weighted by Gasteiger charge is -2.31. The first kappa shape index (κ1) is 9.62. The zero-order chi connectivity index (χ0) is 10.5. The highest BCUT2D eigenvalue weighted by molar-refractivity contribution is 6.15. The van der Waals surface area contributed by atoms with Crippen molar-refractivity contribution in [3.8, 4) is 0 Å². The van der Waals surface area contributed by atoms with Crippen LogP contribution in [0, 0.1) is 0 Å². The molecule has 1 aromatic heterocycles. The Balaban J connectivity index is 2.76. The molecular formula is C10H15BN2O. The van der Waals surface area contributed by atoms with Gasteiger partial charge in [-0.3, -0.25) is 9.13 Å². The fourth-order valence-corrected chi connectivity index (χ4v) is 2.53. The summed E-state index contributed by atoms with van der Waals surface area (Å²) in [5.41, 5.74) is 2.15. The molecule has 0 spiro atoms. The third-order valence-electron chi connectivity index (χ3n) is 3.24. The lowest BCUT2D eigenvalue weighted by atomic mass is 9.62. The molecule has 0 fully saturated rings. The van der Waals surface area contributed by atoms with Crippen LogP contribution in [0.2, 0.25) is 0 Å². The van der Waals surface area contributed by atoms with Gasteiger partial charge in [0.2, 0.25) is 0 Å². The van der Waals surface area contributed by atoms with E-state index in [4.69, 9.17) is 7.85 Å². The van der Waals surface area contributed by atoms with Crippen LogP contribution in [0.5, 0.6) is 0 Å². The third kappa shape index (κ3) is 1.09. The zero-order valence-corrected chi connectivity index (χ0v) is 9.00. The third-order valence-corrected chi connectivity index (χ3v) is 3.24. The Labute approximate surface area is 85.1 Å². The molecule has 2 rings (SSSR count). The van der Waals surface area contributed by atoms with E-state index in [0.29, 0.717) is 0 Å². The fourth-order valence-electron chi connectivity index (χ4n) is 2.53. The zero-order valence-electron chi connectivity index (χ0n) is 9.00. The Bertz CT molecular complexity index is 428. The Morgan fingerprint density at radius 3 is 2.57 bits per heavy atom. The smallest absolute Gasteiger partial charge is 0.299 e. The maximum Gasteiger partial charge on any atom is 0.328 e. The van der Waals surface area contributed by atoms with Crippen molar-refractivity contribution in [3.05, 3.63) is 21.9 Å². The standard InChI is InChI=1S/C10H15BN2O/c1-10(11)6-4-5-7-8(10)13(3)9(14)12(7)2/h4-6H2,1-3H3. The molecule has 1 aromatic rings. The fraction of sp³-hybridized carbons (Fsp3) is 0.700. The summed E-state index contributed by atoms with van der Waals surface area (Å²) >= 11 is 0. The Kier molecular flexibility index (Phi) is 1.91. The predicted octanol–water partition coefficient (Wildman–Crippen LogP) is 0.444. The molecule has 1 heterocycles. The van der Waals surface area contributed by atoms with E-state index in [-0.39, 0.29) is 11.0 Å². The molecule has 0 saturated carbocycles. The number of hydrogen-bond donors (Lipinski definition) is 0. The lowest BCUT2D eigenvalue weighted by molar-refractivity contribution is 0.496. The van der Waals surface area contributed by atoms with E-state index in [1.54, 1.807) is 16.2 Å². The molecule has 74 valence electrons. The molecule has 0 amide bonds. The number of aromatic nitrogens is 2. The summed E-state index contributed by atoms with van der Waals surface area (Å²) in [7, 11) is 9.82. The van der Waals surface area contributed by atoms with Gasteiger partial charge < -0.3 is 0 Å². The van der Waals surface area contributed by atoms with Crippen LogP contribution < -0.4 is 5.69 Å². The second-order valence-electron chi connectivity index (χ2n) is 4.47. The number of imidazole rings is 1. The van der Waals surface area contributed by atoms with Gasteiger partial charge in [0.05, 0.1) is 7.85 Å². The molecule has 0 N–H and O–H groups in total. The quantitative estimate of drug-likeness (QED) is 0.545. The lowest BCUT2D eigenvalue weighted by Crippen LogP contribution is -2.31. The minimum Gasteiger partial charge on any atom is -0.299 e. The molecule has 0 bridgehead atoms. The maximum atomic E-state index is 11.7. The van der Waals surface area contributed by atoms with Gasteiger partial charge in [0.25, 0.3) is 0 Å². The van der Waals surface area contributed by atoms with E-state index >= 15 is 0 Å². The first-order chi connectivity index (χ1) is 6.45. The Morgan fingerprint density at radius 2 is 2.00 bits per heavy atom. The number of hydrogen-bond acceptors (Lipinski definition) is 1. The van der Waals surface area contributed by atoms with Crippen molar-refractivity contribution in [1.82, 2.24) is 9.13 Å². The van der Waals surface area contributed by atoms with E-state index in [1.807, 2.05) is 14.0 Å². The van der Waals surface area contributed by atoms with Crippen molar-refractivity contribution in [2.75, 3.05) is 0 Å². The number of nitrogens with zero attached hydrogens (tertiary/aromatic N) is 2. The van der Waals surface area contributed by atoms with Crippen molar-refractivity contribution >= 4 is 7.85 Å². The van der Waals surface area contributed by atoms with Gasteiger partial charge in [-0.25, -0.2) is 4.79 Å². The molecular weight excluding hydrogens is 175 g/mol. The van der Waals surface area contributed by atoms with Crippen LogP contribution in [-0.2, 0) is 25.8 Å². The van der Waals surface area contributed by atoms with Crippen molar-refractivity contribution < 1.29 is 0 Å². The van der Waals surface area contributed by atoms with Crippen molar-refractivity contribution in [3.63, 3.8) is 0 Å². The van der Waals surface area contributed by atoms with Gasteiger partial charge in [-0.2, -0.15) is 0 Å². The molecule has 1 atom stereocenters. The summed E-state index contributed by atoms with van der Waals surface area (Å²) in [5.74, 6) is 0. The molecule has 1 aliphatic rings. The SMILES string of the molecule is [B]C1(C)CCCc2c1n(C)c(=O)n2C. The first-order valence-electron chi connectivity index (χ1n) is 4.99. The highest BCUT2D eigenvalue weighted by Crippen LogP contribution is 2.33. The molecule has 14 heavy (non-hydrogen) atoms. The summed E-state index contributed by atoms with van der Waals surface area (Å²) in [6, 6.07) is 0. The highest BCUT2D eigenvalue weighted by Gasteiger charge is 2.32. The highest BCUT2D eigenvalue weighted by atomic mass is 16.1. The normalized spacial score (nSPS) is 26.2. The minimum absolute atomic E-state index is 0.0357. The number of rotatable bonds is 0. The Hall–Kier alpha value is -0.925. The van der Waals surface area contributed by atoms with Crippen molar-refractivity contribution in [2.45, 2.75) is 31.5 Å². The Morgan fingerprint density at radius 1 is 1.36 bits per heavy atom. The largest absolute Gasteiger partial charge is 0.328 e. The van der Waals surface area contributed by atoms with Crippen LogP contribution in [0.3, 0.4) is 0 Å². The predicted molar refractivity (Wildman–Crippen MR) is 56.7 cm³/mol. The summed E-state index contributed by atoms with van der Waals surface area (Å²) < 4.78 is 3.41. The van der Waals surface area contributed by atoms with Gasteiger partial charge >= 0.3 is 5.69 Å². The van der Waals surface area contributed by atoms with Crippen LogP contribution in [0.4, 0.5) is 0 Å². The van der Waals surface area contributed by atoms with Crippen LogP contribution in [0.15, 0.2) is 4.79 Å². The van der Waals surface area contributed by atoms with E-state index in [2.05, 4.69) is 0 Å². The van der Waals surface area contributed by atoms with Gasteiger partial charge in [0, 0.05) is 25.5 Å². The van der Waals surface area contributed by atoms with E-state index in [1.165, 1.54) is 0 Å². The molecule has 4 heteroatoms. The molecule has 1 unspecified atom stereocenters. The van der Waals surface area contributed by atoms with Gasteiger partial charge in [0.1, 0.15) is 0 Å². The second kappa shape index (κ2) is 2.78. The van der Waals surface area contributed by atoms with Crippen molar-refractivity contribution in [1.29, 1.82) is 0 Å². The molecule has 0 aliphatic heterocycles. The summed E-state index contributed by atoms with van der Waals surface area (Å²) in [5, 5.41) is -0.344. The van der Waals surface area contributed by atoms with Crippen LogP contribution in [-0.4, -0.2) is 17.0 Å². The van der Waals surface area contributed by atoms with Gasteiger partial charge in [-0.15, -0.1) is 0 Å². The number of fused-ring (bicyclic) bond motifs is 1. The average molecular weight is 190 g/mol. The molecule has 0 saturated heterocycles. The molecule has 2 radical (unpaired) electrons.